The zero-order chi connectivity index (χ0) is 37.3. The number of thioether (sulfide) groups is 1. The van der Waals surface area contributed by atoms with Crippen molar-refractivity contribution in [1.82, 2.24) is 35.8 Å². The Balaban J connectivity index is 0.00000541. The molecule has 0 bridgehead atoms. The van der Waals surface area contributed by atoms with Gasteiger partial charge in [-0.15, -0.1) is 23.1 Å². The second-order valence-electron chi connectivity index (χ2n) is 12.1. The van der Waals surface area contributed by atoms with E-state index in [0.717, 1.165) is 22.5 Å². The van der Waals surface area contributed by atoms with Crippen molar-refractivity contribution in [1.29, 1.82) is 0 Å². The van der Waals surface area contributed by atoms with Crippen molar-refractivity contribution in [2.24, 2.45) is 5.16 Å². The first-order valence-electron chi connectivity index (χ1n) is 15.3. The van der Waals surface area contributed by atoms with Gasteiger partial charge in [-0.3, -0.25) is 29.6 Å². The number of fused-ring (bicyclic) bond motifs is 1. The number of Topliss-reactive ketones (excluding diaryl/α,β-unsaturated/α-hetero) is 1. The third-order valence-electron chi connectivity index (χ3n) is 8.00. The number of aliphatic carboxylic acids is 1. The summed E-state index contributed by atoms with van der Waals surface area (Å²) < 4.78 is 1.85. The number of rotatable bonds is 13. The maximum atomic E-state index is 13.6. The van der Waals surface area contributed by atoms with Gasteiger partial charge in [0, 0.05) is 41.7 Å². The zero-order valence-electron chi connectivity index (χ0n) is 28.2. The number of nitrogens with two attached hydrogens (primary N) is 1. The van der Waals surface area contributed by atoms with Crippen LogP contribution in [0.4, 0.5) is 5.13 Å². The van der Waals surface area contributed by atoms with Crippen LogP contribution in [0.15, 0.2) is 52.8 Å². The SMILES string of the molecule is CC(C)(O/N=C(\C(=O)N[C@@H]1C(=O)N2C(c3nnn[n-]3)=C(C[n+]3ccc(CC(=O)Cc4ccc(O)c(O)c4Cl)cc3)CS[C@H]12)c1csc(N)n1)C(=O)[O-].[Na+]. The van der Waals surface area contributed by atoms with Gasteiger partial charge < -0.3 is 41.1 Å². The van der Waals surface area contributed by atoms with Crippen molar-refractivity contribution in [3.63, 3.8) is 0 Å². The summed E-state index contributed by atoms with van der Waals surface area (Å²) >= 11 is 8.49. The number of carboxylic acid groups (broad SMARTS) is 1. The van der Waals surface area contributed by atoms with E-state index >= 15 is 0 Å². The van der Waals surface area contributed by atoms with Crippen LogP contribution in [0.25, 0.3) is 5.70 Å². The van der Waals surface area contributed by atoms with Crippen LogP contribution < -0.4 is 55.4 Å². The molecule has 53 heavy (non-hydrogen) atoms. The first kappa shape index (κ1) is 39.6. The molecule has 2 amide bonds. The quantitative estimate of drug-likeness (QED) is 0.0254. The maximum Gasteiger partial charge on any atom is 1.00 e. The normalized spacial score (nSPS) is 17.1. The number of hydrogen-bond donors (Lipinski definition) is 4. The number of tetrazole rings is 1. The van der Waals surface area contributed by atoms with Gasteiger partial charge in [-0.05, 0) is 31.0 Å². The van der Waals surface area contributed by atoms with Crippen LogP contribution in [0, 0.1) is 0 Å². The van der Waals surface area contributed by atoms with Gasteiger partial charge in [-0.25, -0.2) is 9.55 Å². The number of phenolic OH excluding ortho intramolecular Hbond substituents is 2. The molecule has 0 spiro atoms. The number of anilines is 1. The summed E-state index contributed by atoms with van der Waals surface area (Å²) in [6.07, 6.45) is 3.62. The number of thiazole rings is 1. The second-order valence-corrected chi connectivity index (χ2v) is 14.5. The average Bonchev–Trinajstić information content (AvgIpc) is 3.80. The average molecular weight is 791 g/mol. The van der Waals surface area contributed by atoms with E-state index in [2.05, 4.69) is 36.1 Å². The molecule has 2 aliphatic rings. The van der Waals surface area contributed by atoms with Crippen LogP contribution in [-0.2, 0) is 43.4 Å². The van der Waals surface area contributed by atoms with Crippen LogP contribution >= 0.6 is 34.7 Å². The first-order chi connectivity index (χ1) is 24.7. The Morgan fingerprint density at radius 1 is 1.23 bits per heavy atom. The number of carboxylic acids is 1. The minimum absolute atomic E-state index is 0. The van der Waals surface area contributed by atoms with Crippen molar-refractivity contribution in [2.45, 2.75) is 50.3 Å². The van der Waals surface area contributed by atoms with Gasteiger partial charge in [0.1, 0.15) is 22.9 Å². The number of nitrogens with one attached hydrogen (secondary N) is 1. The fourth-order valence-electron chi connectivity index (χ4n) is 5.23. The number of nitrogen functional groups attached to an aromatic ring is 1. The summed E-state index contributed by atoms with van der Waals surface area (Å²) in [4.78, 5) is 61.9. The molecule has 6 rings (SSSR count). The van der Waals surface area contributed by atoms with Crippen LogP contribution in [-0.4, -0.2) is 87.7 Å². The van der Waals surface area contributed by atoms with Crippen LogP contribution in [0.5, 0.6) is 11.5 Å². The number of β-lactam (4-membered cyclic amide) rings is 1. The molecular formula is C31H28ClN10NaO8S2. The van der Waals surface area contributed by atoms with Gasteiger partial charge in [0.05, 0.1) is 22.5 Å². The molecule has 22 heteroatoms. The minimum atomic E-state index is -1.88. The number of phenols is 2. The number of carbonyl (C=O) groups is 4. The molecule has 4 aromatic rings. The number of aromatic hydroxyl groups is 2. The zero-order valence-corrected chi connectivity index (χ0v) is 32.6. The molecule has 1 fully saturated rings. The van der Waals surface area contributed by atoms with E-state index < -0.39 is 40.5 Å². The maximum absolute atomic E-state index is 13.6. The van der Waals surface area contributed by atoms with Gasteiger partial charge in [0.25, 0.3) is 11.8 Å². The molecule has 3 aromatic heterocycles. The van der Waals surface area contributed by atoms with Crippen molar-refractivity contribution in [3.8, 4) is 11.5 Å². The Bertz CT molecular complexity index is 2130. The standard InChI is InChI=1S/C31H29ClN10O8S2.Na/c1-31(2,29(48)49)50-38-21(18-13-52-30(33)34-18)26(46)35-22-27(47)42-23(25-36-39-40-37-25)16(12-51-28(22)42)11-41-7-5-14(6-8-41)9-17(43)10-15-3-4-19(44)24(45)20(15)32;/h3-8,13,22,28H,9-12H2,1-2H3,(H6-,33,34,35,36,37,38,39,40,44,45,46,48,49);/q;+1/p-1/t22-,28-;/m1./s1. The Morgan fingerprint density at radius 2 is 1.96 bits per heavy atom. The first-order valence-corrected chi connectivity index (χ1v) is 17.6. The molecule has 270 valence electrons. The topological polar surface area (TPSA) is 264 Å². The van der Waals surface area contributed by atoms with Crippen LogP contribution in [0.1, 0.15) is 36.5 Å². The van der Waals surface area contributed by atoms with E-state index in [1.807, 2.05) is 4.57 Å². The van der Waals surface area contributed by atoms with E-state index in [0.29, 0.717) is 23.6 Å². The number of ketones is 1. The summed E-state index contributed by atoms with van der Waals surface area (Å²) in [6.45, 7) is 2.71. The van der Waals surface area contributed by atoms with Crippen molar-refractivity contribution < 1.29 is 73.5 Å². The molecule has 18 nitrogen and oxygen atoms in total. The summed E-state index contributed by atoms with van der Waals surface area (Å²) in [5.74, 6) is -3.36. The van der Waals surface area contributed by atoms with Gasteiger partial charge in [0.15, 0.2) is 46.9 Å². The van der Waals surface area contributed by atoms with Gasteiger partial charge in [-0.1, -0.05) is 22.8 Å². The fourth-order valence-corrected chi connectivity index (χ4v) is 7.34. The summed E-state index contributed by atoms with van der Waals surface area (Å²) in [5.41, 5.74) is 5.79. The van der Waals surface area contributed by atoms with E-state index in [1.54, 1.807) is 24.5 Å². The predicted molar refractivity (Wildman–Crippen MR) is 182 cm³/mol. The summed E-state index contributed by atoms with van der Waals surface area (Å²) in [7, 11) is 0. The Labute approximate surface area is 335 Å². The molecule has 2 atom stereocenters. The van der Waals surface area contributed by atoms with Crippen LogP contribution in [0.3, 0.4) is 0 Å². The fraction of sp³-hybridized carbons (Fsp3) is 0.290. The van der Waals surface area contributed by atoms with E-state index in [1.165, 1.54) is 48.0 Å². The van der Waals surface area contributed by atoms with Crippen molar-refractivity contribution in [3.05, 3.63) is 75.3 Å². The van der Waals surface area contributed by atoms with Gasteiger partial charge in [-0.2, -0.15) is 5.21 Å². The monoisotopic (exact) mass is 790 g/mol. The smallest absolute Gasteiger partial charge is 0.546 e. The van der Waals surface area contributed by atoms with Crippen LogP contribution in [0.2, 0.25) is 5.02 Å². The molecule has 0 saturated carbocycles. The van der Waals surface area contributed by atoms with E-state index in [4.69, 9.17) is 22.2 Å². The summed E-state index contributed by atoms with van der Waals surface area (Å²) in [5, 5.41) is 53.4. The number of nitrogens with zero attached hydrogens (tertiary/aromatic N) is 8. The van der Waals surface area contributed by atoms with E-state index in [9.17, 15) is 34.5 Å². The number of carbonyl (C=O) groups excluding carboxylic acids is 4. The number of benzene rings is 1. The predicted octanol–water partition coefficient (Wildman–Crippen LogP) is -3.66. The molecule has 5 heterocycles. The molecule has 0 aliphatic carbocycles. The minimum Gasteiger partial charge on any atom is -0.546 e. The number of amides is 2. The molecule has 1 aromatic carbocycles. The number of aromatic nitrogens is 6. The Morgan fingerprint density at radius 3 is 2.60 bits per heavy atom. The number of halogens is 1. The van der Waals surface area contributed by atoms with Gasteiger partial charge >= 0.3 is 29.6 Å². The Hall–Kier alpha value is -4.60. The van der Waals surface area contributed by atoms with Gasteiger partial charge in [0.2, 0.25) is 0 Å². The number of oxime groups is 1. The van der Waals surface area contributed by atoms with Crippen molar-refractivity contribution in [2.75, 3.05) is 11.5 Å². The largest absolute Gasteiger partial charge is 1.00 e. The second kappa shape index (κ2) is 16.2. The third kappa shape index (κ3) is 8.47. The number of hydrogen-bond acceptors (Lipinski definition) is 16. The van der Waals surface area contributed by atoms with E-state index in [-0.39, 0.29) is 81.3 Å². The molecular weight excluding hydrogens is 763 g/mol. The molecule has 1 saturated heterocycles. The molecule has 5 N–H and O–H groups in total. The number of pyridine rings is 1. The van der Waals surface area contributed by atoms with Crippen molar-refractivity contribution >= 4 is 74.8 Å². The molecule has 0 radical (unpaired) electrons. The third-order valence-corrected chi connectivity index (χ3v) is 10.4. The molecule has 2 aliphatic heterocycles. The summed E-state index contributed by atoms with van der Waals surface area (Å²) in [6, 6.07) is 5.30. The molecule has 0 unspecified atom stereocenters. The Kier molecular flexibility index (Phi) is 12.1.